The Hall–Kier alpha value is -3.02. The maximum absolute atomic E-state index is 5.96. The van der Waals surface area contributed by atoms with Crippen LogP contribution in [0.2, 0.25) is 0 Å². The van der Waals surface area contributed by atoms with Crippen molar-refractivity contribution in [1.82, 2.24) is 0 Å². The molecule has 0 radical (unpaired) electrons. The topological polar surface area (TPSA) is 50.7 Å². The second-order valence-electron chi connectivity index (χ2n) is 6.99. The van der Waals surface area contributed by atoms with Crippen LogP contribution in [-0.4, -0.2) is 0 Å². The van der Waals surface area contributed by atoms with E-state index in [-0.39, 0.29) is 0 Å². The fraction of sp³-hybridized carbons (Fsp3) is 0. The lowest BCUT2D eigenvalue weighted by Crippen LogP contribution is -2.17. The first-order chi connectivity index (χ1) is 14.2. The van der Waals surface area contributed by atoms with Crippen molar-refractivity contribution < 1.29 is 0 Å². The summed E-state index contributed by atoms with van der Waals surface area (Å²) in [6.07, 6.45) is 0. The van der Waals surface area contributed by atoms with Crippen LogP contribution < -0.4 is 16.4 Å². The van der Waals surface area contributed by atoms with E-state index in [4.69, 9.17) is 15.7 Å². The lowest BCUT2D eigenvalue weighted by atomic mass is 10.0. The molecule has 0 bridgehead atoms. The summed E-state index contributed by atoms with van der Waals surface area (Å²) in [6, 6.07) is 27.0. The van der Waals surface area contributed by atoms with Gasteiger partial charge in [0.05, 0.1) is 22.1 Å². The largest absolute Gasteiger partial charge is 0.399 e. The van der Waals surface area contributed by atoms with Gasteiger partial charge in [-0.25, -0.2) is 9.98 Å². The van der Waals surface area contributed by atoms with Crippen molar-refractivity contribution in [3.63, 3.8) is 0 Å². The highest BCUT2D eigenvalue weighted by Crippen LogP contribution is 2.41. The maximum Gasteiger partial charge on any atom is 0.0789 e. The standard InChI is InChI=1S/C24H15N3S2/c25-16-5-3-4-14(10-16)15-8-9-22-18(11-15)27-20-13-23-19(12-24(20)29-22)26-17-6-1-2-7-21(17)28-23/h1-13H,25H2. The van der Waals surface area contributed by atoms with Gasteiger partial charge in [0.2, 0.25) is 0 Å². The van der Waals surface area contributed by atoms with Gasteiger partial charge in [-0.15, -0.1) is 0 Å². The van der Waals surface area contributed by atoms with Gasteiger partial charge in [0, 0.05) is 25.3 Å². The summed E-state index contributed by atoms with van der Waals surface area (Å²) in [5, 5.41) is 2.03. The van der Waals surface area contributed by atoms with Gasteiger partial charge in [0.1, 0.15) is 0 Å². The summed E-state index contributed by atoms with van der Waals surface area (Å²) in [6.45, 7) is 0. The number of hydrogen-bond acceptors (Lipinski definition) is 5. The van der Waals surface area contributed by atoms with Crippen LogP contribution in [-0.2, 0) is 0 Å². The molecule has 0 unspecified atom stereocenters. The van der Waals surface area contributed by atoms with Crippen LogP contribution in [0.25, 0.3) is 11.1 Å². The number of fused-ring (bicyclic) bond motifs is 4. The SMILES string of the molecule is Nc1cccc(-c2ccc3c(c2)N=c2cc4c(cc2S3)=Nc2ccccc2S4)c1. The molecule has 0 aliphatic carbocycles. The van der Waals surface area contributed by atoms with Crippen molar-refractivity contribution in [3.8, 4) is 11.1 Å². The number of rotatable bonds is 1. The number of nitrogen functional groups attached to an aromatic ring is 1. The molecule has 2 aliphatic heterocycles. The highest BCUT2D eigenvalue weighted by Gasteiger charge is 2.17. The zero-order chi connectivity index (χ0) is 19.4. The van der Waals surface area contributed by atoms with E-state index in [0.717, 1.165) is 53.6 Å². The minimum atomic E-state index is 0.768. The number of para-hydroxylation sites is 1. The number of hydrogen-bond donors (Lipinski definition) is 1. The number of benzene rings is 4. The van der Waals surface area contributed by atoms with Gasteiger partial charge in [0.15, 0.2) is 0 Å². The molecule has 4 aromatic rings. The Kier molecular flexibility index (Phi) is 3.79. The summed E-state index contributed by atoms with van der Waals surface area (Å²) in [7, 11) is 0. The van der Waals surface area contributed by atoms with Crippen LogP contribution in [0.1, 0.15) is 0 Å². The summed E-state index contributed by atoms with van der Waals surface area (Å²) in [4.78, 5) is 14.5. The van der Waals surface area contributed by atoms with Gasteiger partial charge < -0.3 is 5.73 Å². The average molecular weight is 410 g/mol. The van der Waals surface area contributed by atoms with E-state index in [9.17, 15) is 0 Å². The highest BCUT2D eigenvalue weighted by atomic mass is 32.2. The Balaban J connectivity index is 1.48. The number of nitrogens with zero attached hydrogens (tertiary/aromatic N) is 2. The fourth-order valence-corrected chi connectivity index (χ4v) is 5.54. The van der Waals surface area contributed by atoms with E-state index in [2.05, 4.69) is 54.6 Å². The van der Waals surface area contributed by atoms with Gasteiger partial charge in [-0.2, -0.15) is 0 Å². The van der Waals surface area contributed by atoms with E-state index in [1.54, 1.807) is 23.5 Å². The van der Waals surface area contributed by atoms with E-state index in [0.29, 0.717) is 0 Å². The first kappa shape index (κ1) is 16.9. The second-order valence-corrected chi connectivity index (χ2v) is 9.16. The Morgan fingerprint density at radius 3 is 2.03 bits per heavy atom. The predicted molar refractivity (Wildman–Crippen MR) is 119 cm³/mol. The van der Waals surface area contributed by atoms with Crippen molar-refractivity contribution in [2.24, 2.45) is 9.98 Å². The molecular weight excluding hydrogens is 394 g/mol. The Bertz CT molecular complexity index is 1430. The Morgan fingerprint density at radius 1 is 0.552 bits per heavy atom. The van der Waals surface area contributed by atoms with Crippen molar-refractivity contribution in [1.29, 1.82) is 0 Å². The molecule has 0 spiro atoms. The molecule has 2 heterocycles. The summed E-state index contributed by atoms with van der Waals surface area (Å²) >= 11 is 3.52. The van der Waals surface area contributed by atoms with Gasteiger partial charge in [-0.05, 0) is 59.7 Å². The van der Waals surface area contributed by atoms with Crippen molar-refractivity contribution >= 4 is 40.6 Å². The third kappa shape index (κ3) is 2.94. The van der Waals surface area contributed by atoms with Crippen molar-refractivity contribution in [2.45, 2.75) is 19.6 Å². The zero-order valence-electron chi connectivity index (χ0n) is 15.3. The van der Waals surface area contributed by atoms with Gasteiger partial charge in [-0.1, -0.05) is 53.9 Å². The van der Waals surface area contributed by atoms with Crippen LogP contribution in [0.5, 0.6) is 0 Å². The van der Waals surface area contributed by atoms with Gasteiger partial charge in [-0.3, -0.25) is 0 Å². The average Bonchev–Trinajstić information content (AvgIpc) is 2.74. The summed E-state index contributed by atoms with van der Waals surface area (Å²) in [5.41, 5.74) is 11.0. The van der Waals surface area contributed by atoms with E-state index in [1.807, 2.05) is 24.3 Å². The number of nitrogens with two attached hydrogens (primary N) is 1. The third-order valence-corrected chi connectivity index (χ3v) is 7.23. The van der Waals surface area contributed by atoms with Crippen molar-refractivity contribution in [3.05, 3.63) is 89.6 Å². The molecular formula is C24H15N3S2. The molecule has 0 saturated carbocycles. The number of anilines is 1. The fourth-order valence-electron chi connectivity index (χ4n) is 3.60. The van der Waals surface area contributed by atoms with Crippen LogP contribution in [0, 0.1) is 0 Å². The monoisotopic (exact) mass is 409 g/mol. The van der Waals surface area contributed by atoms with Crippen molar-refractivity contribution in [2.75, 3.05) is 5.73 Å². The lowest BCUT2D eigenvalue weighted by molar-refractivity contribution is 1.07. The molecule has 0 aromatic heterocycles. The van der Waals surface area contributed by atoms with Crippen LogP contribution in [0.3, 0.4) is 0 Å². The molecule has 5 heteroatoms. The molecule has 0 atom stereocenters. The molecule has 3 nitrogen and oxygen atoms in total. The molecule has 0 fully saturated rings. The zero-order valence-corrected chi connectivity index (χ0v) is 16.9. The first-order valence-electron chi connectivity index (χ1n) is 9.29. The minimum absolute atomic E-state index is 0.768. The molecule has 2 aliphatic rings. The molecule has 6 rings (SSSR count). The maximum atomic E-state index is 5.96. The minimum Gasteiger partial charge on any atom is -0.399 e. The van der Waals surface area contributed by atoms with Crippen LogP contribution >= 0.6 is 23.5 Å². The second kappa shape index (κ2) is 6.51. The Morgan fingerprint density at radius 2 is 1.24 bits per heavy atom. The van der Waals surface area contributed by atoms with Crippen LogP contribution in [0.4, 0.5) is 17.1 Å². The first-order valence-corrected chi connectivity index (χ1v) is 10.9. The van der Waals surface area contributed by atoms with E-state index >= 15 is 0 Å². The van der Waals surface area contributed by atoms with E-state index in [1.165, 1.54) is 4.90 Å². The molecule has 138 valence electrons. The summed E-state index contributed by atoms with van der Waals surface area (Å²) in [5.74, 6) is 0. The normalized spacial score (nSPS) is 13.2. The lowest BCUT2D eigenvalue weighted by Gasteiger charge is -2.16. The molecule has 0 saturated heterocycles. The smallest absolute Gasteiger partial charge is 0.0789 e. The highest BCUT2D eigenvalue weighted by molar-refractivity contribution is 8.00. The predicted octanol–water partition coefficient (Wildman–Crippen LogP) is 5.77. The van der Waals surface area contributed by atoms with E-state index < -0.39 is 0 Å². The molecule has 0 amide bonds. The van der Waals surface area contributed by atoms with Gasteiger partial charge in [0.25, 0.3) is 0 Å². The molecule has 2 N–H and O–H groups in total. The molecule has 4 aromatic carbocycles. The summed E-state index contributed by atoms with van der Waals surface area (Å²) < 4.78 is 0. The quantitative estimate of drug-likeness (QED) is 0.351. The Labute approximate surface area is 176 Å². The molecule has 29 heavy (non-hydrogen) atoms. The van der Waals surface area contributed by atoms with Crippen LogP contribution in [0.15, 0.2) is 108 Å². The van der Waals surface area contributed by atoms with Gasteiger partial charge >= 0.3 is 0 Å². The third-order valence-electron chi connectivity index (χ3n) is 5.01.